The fourth-order valence-electron chi connectivity index (χ4n) is 2.87. The van der Waals surface area contributed by atoms with E-state index in [-0.39, 0.29) is 11.5 Å². The number of aryl methyl sites for hydroxylation is 1. The Hall–Kier alpha value is -2.42. The van der Waals surface area contributed by atoms with Gasteiger partial charge in [0.1, 0.15) is 12.4 Å². The minimum absolute atomic E-state index is 0.0348. The predicted octanol–water partition coefficient (Wildman–Crippen LogP) is 2.53. The molecule has 0 bridgehead atoms. The average Bonchev–Trinajstić information content (AvgIpc) is 2.74. The normalized spacial score (nSPS) is 16.2. The first-order valence-corrected chi connectivity index (χ1v) is 10.9. The molecule has 1 fully saturated rings. The van der Waals surface area contributed by atoms with Crippen molar-refractivity contribution in [2.45, 2.75) is 31.5 Å². The fourth-order valence-corrected chi connectivity index (χ4v) is 4.35. The number of hydrogen-bond donors (Lipinski definition) is 0. The first-order chi connectivity index (χ1) is 13.9. The molecule has 1 heterocycles. The summed E-state index contributed by atoms with van der Waals surface area (Å²) in [5, 5.41) is 0. The maximum absolute atomic E-state index is 12.8. The predicted molar refractivity (Wildman–Crippen MR) is 107 cm³/mol. The highest BCUT2D eigenvalue weighted by Gasteiger charge is 2.26. The molecule has 29 heavy (non-hydrogen) atoms. The molecule has 0 aromatic heterocycles. The van der Waals surface area contributed by atoms with Gasteiger partial charge < -0.3 is 14.2 Å². The lowest BCUT2D eigenvalue weighted by Gasteiger charge is -2.26. The number of morpholine rings is 1. The number of benzene rings is 2. The molecule has 1 aliphatic rings. The third-order valence-corrected chi connectivity index (χ3v) is 6.45. The van der Waals surface area contributed by atoms with Crippen LogP contribution in [-0.4, -0.2) is 51.1 Å². The minimum Gasteiger partial charge on any atom is -0.479 e. The van der Waals surface area contributed by atoms with Crippen molar-refractivity contribution in [1.82, 2.24) is 4.31 Å². The van der Waals surface area contributed by atoms with Crippen molar-refractivity contribution in [2.24, 2.45) is 0 Å². The molecule has 156 valence electrons. The zero-order valence-corrected chi connectivity index (χ0v) is 17.4. The van der Waals surface area contributed by atoms with Crippen LogP contribution in [0.1, 0.15) is 18.1 Å². The zero-order valence-electron chi connectivity index (χ0n) is 16.5. The SMILES string of the molecule is Cc1ccc(OC(C)C(=O)OCc2cccc(S(=O)(=O)N3CCOCC3)c2)cc1. The summed E-state index contributed by atoms with van der Waals surface area (Å²) < 4.78 is 43.0. The summed E-state index contributed by atoms with van der Waals surface area (Å²) in [6.45, 7) is 4.97. The molecule has 1 atom stereocenters. The molecular weight excluding hydrogens is 394 g/mol. The van der Waals surface area contributed by atoms with Gasteiger partial charge in [-0.05, 0) is 43.7 Å². The van der Waals surface area contributed by atoms with Crippen molar-refractivity contribution < 1.29 is 27.4 Å². The topological polar surface area (TPSA) is 82.1 Å². The standard InChI is InChI=1S/C21H25NO6S/c1-16-6-8-19(9-7-16)28-17(2)21(23)27-15-18-4-3-5-20(14-18)29(24,25)22-10-12-26-13-11-22/h3-9,14,17H,10-13,15H2,1-2H3. The smallest absolute Gasteiger partial charge is 0.347 e. The molecule has 0 spiro atoms. The van der Waals surface area contributed by atoms with Crippen molar-refractivity contribution >= 4 is 16.0 Å². The van der Waals surface area contributed by atoms with E-state index in [1.807, 2.05) is 19.1 Å². The molecule has 8 heteroatoms. The fraction of sp³-hybridized carbons (Fsp3) is 0.381. The minimum atomic E-state index is -3.60. The number of nitrogens with zero attached hydrogens (tertiary/aromatic N) is 1. The number of carbonyl (C=O) groups excluding carboxylic acids is 1. The van der Waals surface area contributed by atoms with Gasteiger partial charge in [0.25, 0.3) is 0 Å². The van der Waals surface area contributed by atoms with Crippen molar-refractivity contribution in [3.05, 3.63) is 59.7 Å². The molecule has 0 radical (unpaired) electrons. The van der Waals surface area contributed by atoms with Gasteiger partial charge in [-0.15, -0.1) is 0 Å². The maximum atomic E-state index is 12.8. The van der Waals surface area contributed by atoms with Crippen LogP contribution in [-0.2, 0) is 30.9 Å². The lowest BCUT2D eigenvalue weighted by molar-refractivity contribution is -0.152. The number of hydrogen-bond acceptors (Lipinski definition) is 6. The second-order valence-electron chi connectivity index (χ2n) is 6.84. The van der Waals surface area contributed by atoms with Crippen molar-refractivity contribution in [3.8, 4) is 5.75 Å². The lowest BCUT2D eigenvalue weighted by Crippen LogP contribution is -2.40. The highest BCUT2D eigenvalue weighted by molar-refractivity contribution is 7.89. The Kier molecular flexibility index (Phi) is 6.89. The second kappa shape index (κ2) is 9.39. The number of ether oxygens (including phenoxy) is 3. The van der Waals surface area contributed by atoms with Gasteiger partial charge in [0.2, 0.25) is 10.0 Å². The van der Waals surface area contributed by atoms with Gasteiger partial charge in [0.05, 0.1) is 18.1 Å². The summed E-state index contributed by atoms with van der Waals surface area (Å²) in [4.78, 5) is 12.4. The highest BCUT2D eigenvalue weighted by Crippen LogP contribution is 2.19. The van der Waals surface area contributed by atoms with E-state index in [0.717, 1.165) is 5.56 Å². The van der Waals surface area contributed by atoms with Gasteiger partial charge in [-0.2, -0.15) is 4.31 Å². The number of rotatable bonds is 7. The Morgan fingerprint density at radius 3 is 2.52 bits per heavy atom. The second-order valence-corrected chi connectivity index (χ2v) is 8.78. The number of esters is 1. The maximum Gasteiger partial charge on any atom is 0.347 e. The van der Waals surface area contributed by atoms with Crippen LogP contribution in [0.2, 0.25) is 0 Å². The highest BCUT2D eigenvalue weighted by atomic mass is 32.2. The molecule has 1 saturated heterocycles. The van der Waals surface area contributed by atoms with E-state index in [0.29, 0.717) is 37.6 Å². The number of sulfonamides is 1. The first kappa shape index (κ1) is 21.3. The third kappa shape index (κ3) is 5.56. The monoisotopic (exact) mass is 419 g/mol. The van der Waals surface area contributed by atoms with E-state index >= 15 is 0 Å². The van der Waals surface area contributed by atoms with Gasteiger partial charge in [-0.1, -0.05) is 29.8 Å². The summed E-state index contributed by atoms with van der Waals surface area (Å²) in [6.07, 6.45) is -0.780. The van der Waals surface area contributed by atoms with Crippen LogP contribution in [0.3, 0.4) is 0 Å². The summed E-state index contributed by atoms with van der Waals surface area (Å²) in [5.41, 5.74) is 1.69. The Labute approximate surface area is 171 Å². The van der Waals surface area contributed by atoms with Gasteiger partial charge >= 0.3 is 5.97 Å². The molecule has 0 N–H and O–H groups in total. The van der Waals surface area contributed by atoms with E-state index in [9.17, 15) is 13.2 Å². The summed E-state index contributed by atoms with van der Waals surface area (Å²) >= 11 is 0. The van der Waals surface area contributed by atoms with Gasteiger partial charge in [0.15, 0.2) is 6.10 Å². The molecular formula is C21H25NO6S. The lowest BCUT2D eigenvalue weighted by atomic mass is 10.2. The van der Waals surface area contributed by atoms with Crippen molar-refractivity contribution in [3.63, 3.8) is 0 Å². The quantitative estimate of drug-likeness (QED) is 0.642. The van der Waals surface area contributed by atoms with Gasteiger partial charge in [0, 0.05) is 13.1 Å². The molecule has 0 aliphatic carbocycles. The molecule has 1 unspecified atom stereocenters. The van der Waals surface area contributed by atoms with Crippen LogP contribution in [0.5, 0.6) is 5.75 Å². The molecule has 7 nitrogen and oxygen atoms in total. The molecule has 1 aliphatic heterocycles. The van der Waals surface area contributed by atoms with Crippen LogP contribution in [0.25, 0.3) is 0 Å². The van der Waals surface area contributed by atoms with Crippen LogP contribution in [0.4, 0.5) is 0 Å². The molecule has 0 amide bonds. The van der Waals surface area contributed by atoms with E-state index < -0.39 is 22.1 Å². The van der Waals surface area contributed by atoms with Crippen molar-refractivity contribution in [2.75, 3.05) is 26.3 Å². The van der Waals surface area contributed by atoms with E-state index in [4.69, 9.17) is 14.2 Å². The van der Waals surface area contributed by atoms with Gasteiger partial charge in [-0.3, -0.25) is 0 Å². The Bertz CT molecular complexity index is 936. The summed E-state index contributed by atoms with van der Waals surface area (Å²) in [6, 6.07) is 13.8. The zero-order chi connectivity index (χ0) is 20.9. The van der Waals surface area contributed by atoms with Crippen LogP contribution >= 0.6 is 0 Å². The van der Waals surface area contributed by atoms with Crippen LogP contribution in [0, 0.1) is 6.92 Å². The van der Waals surface area contributed by atoms with E-state index in [2.05, 4.69) is 0 Å². The molecule has 2 aromatic rings. The Balaban J connectivity index is 1.59. The third-order valence-electron chi connectivity index (χ3n) is 4.55. The largest absolute Gasteiger partial charge is 0.479 e. The molecule has 2 aromatic carbocycles. The first-order valence-electron chi connectivity index (χ1n) is 9.43. The summed E-state index contributed by atoms with van der Waals surface area (Å²) in [7, 11) is -3.60. The Morgan fingerprint density at radius 2 is 1.83 bits per heavy atom. The summed E-state index contributed by atoms with van der Waals surface area (Å²) in [5.74, 6) is 0.0608. The molecule has 3 rings (SSSR count). The molecule has 0 saturated carbocycles. The Morgan fingerprint density at radius 1 is 1.14 bits per heavy atom. The van der Waals surface area contributed by atoms with Crippen LogP contribution < -0.4 is 4.74 Å². The van der Waals surface area contributed by atoms with Crippen LogP contribution in [0.15, 0.2) is 53.4 Å². The van der Waals surface area contributed by atoms with Gasteiger partial charge in [-0.25, -0.2) is 13.2 Å². The van der Waals surface area contributed by atoms with E-state index in [1.165, 1.54) is 10.4 Å². The van der Waals surface area contributed by atoms with Crippen molar-refractivity contribution in [1.29, 1.82) is 0 Å². The average molecular weight is 419 g/mol. The van der Waals surface area contributed by atoms with E-state index in [1.54, 1.807) is 37.3 Å². The number of carbonyl (C=O) groups is 1.